The van der Waals surface area contributed by atoms with E-state index in [-0.39, 0.29) is 11.7 Å². The third-order valence-corrected chi connectivity index (χ3v) is 3.39. The summed E-state index contributed by atoms with van der Waals surface area (Å²) < 4.78 is 38.5. The van der Waals surface area contributed by atoms with Crippen LogP contribution in [0.2, 0.25) is 0 Å². The van der Waals surface area contributed by atoms with Crippen molar-refractivity contribution in [3.05, 3.63) is 29.8 Å². The van der Waals surface area contributed by atoms with E-state index in [4.69, 9.17) is 0 Å². The van der Waals surface area contributed by atoms with Crippen LogP contribution in [0, 0.1) is 5.92 Å². The number of benzene rings is 1. The van der Waals surface area contributed by atoms with E-state index in [9.17, 15) is 18.0 Å². The molecule has 0 aliphatic carbocycles. The van der Waals surface area contributed by atoms with Crippen molar-refractivity contribution in [2.24, 2.45) is 5.92 Å². The van der Waals surface area contributed by atoms with Crippen molar-refractivity contribution in [3.63, 3.8) is 0 Å². The fraction of sp³-hybridized carbons (Fsp3) is 0.500. The monoisotopic (exact) mass is 301 g/mol. The number of urea groups is 1. The zero-order valence-corrected chi connectivity index (χ0v) is 11.6. The van der Waals surface area contributed by atoms with E-state index in [1.807, 2.05) is 0 Å². The smallest absolute Gasteiger partial charge is 0.334 e. The van der Waals surface area contributed by atoms with Crippen LogP contribution in [0.25, 0.3) is 0 Å². The fourth-order valence-electron chi connectivity index (χ4n) is 2.45. The average Bonchev–Trinajstić information content (AvgIpc) is 2.37. The minimum absolute atomic E-state index is 0.0770. The summed E-state index contributed by atoms with van der Waals surface area (Å²) in [6, 6.07) is 4.23. The Morgan fingerprint density at radius 1 is 1.29 bits per heavy atom. The number of rotatable bonds is 2. The number of alkyl halides is 3. The number of piperidine rings is 1. The van der Waals surface area contributed by atoms with Crippen LogP contribution >= 0.6 is 0 Å². The normalized spacial score (nSPS) is 22.7. The molecular formula is C14H18F3N3O. The van der Waals surface area contributed by atoms with Gasteiger partial charge in [-0.15, -0.1) is 0 Å². The first-order valence-corrected chi connectivity index (χ1v) is 6.80. The Morgan fingerprint density at radius 3 is 2.67 bits per heavy atom. The van der Waals surface area contributed by atoms with Gasteiger partial charge in [0.1, 0.15) is 0 Å². The summed E-state index contributed by atoms with van der Waals surface area (Å²) >= 11 is 0. The molecule has 0 bridgehead atoms. The Bertz CT molecular complexity index is 504. The molecule has 4 nitrogen and oxygen atoms in total. The lowest BCUT2D eigenvalue weighted by atomic mass is 9.98. The van der Waals surface area contributed by atoms with Crippen molar-refractivity contribution in [2.45, 2.75) is 25.6 Å². The number of amides is 2. The lowest BCUT2D eigenvalue weighted by Gasteiger charge is -2.28. The summed E-state index contributed by atoms with van der Waals surface area (Å²) in [4.78, 5) is 11.8. The van der Waals surface area contributed by atoms with Gasteiger partial charge in [-0.2, -0.15) is 13.2 Å². The van der Waals surface area contributed by atoms with Crippen LogP contribution < -0.4 is 16.0 Å². The van der Waals surface area contributed by atoms with Crippen LogP contribution in [-0.4, -0.2) is 25.2 Å². The van der Waals surface area contributed by atoms with E-state index in [1.54, 1.807) is 0 Å². The number of hydrogen-bond donors (Lipinski definition) is 3. The third-order valence-electron chi connectivity index (χ3n) is 3.39. The average molecular weight is 301 g/mol. The molecule has 7 heteroatoms. The van der Waals surface area contributed by atoms with Gasteiger partial charge in [0.05, 0.1) is 11.3 Å². The molecule has 0 radical (unpaired) electrons. The van der Waals surface area contributed by atoms with Crippen molar-refractivity contribution in [3.8, 4) is 0 Å². The molecule has 0 aromatic heterocycles. The second-order valence-corrected chi connectivity index (χ2v) is 5.34. The Kier molecular flexibility index (Phi) is 4.72. The van der Waals surface area contributed by atoms with Crippen LogP contribution in [0.15, 0.2) is 24.3 Å². The van der Waals surface area contributed by atoms with Crippen LogP contribution in [-0.2, 0) is 6.18 Å². The molecule has 3 N–H and O–H groups in total. The van der Waals surface area contributed by atoms with Crippen molar-refractivity contribution in [1.29, 1.82) is 0 Å². The second kappa shape index (κ2) is 6.34. The molecule has 21 heavy (non-hydrogen) atoms. The summed E-state index contributed by atoms with van der Waals surface area (Å²) in [6.45, 7) is 3.56. The van der Waals surface area contributed by atoms with E-state index >= 15 is 0 Å². The van der Waals surface area contributed by atoms with Gasteiger partial charge in [-0.1, -0.05) is 19.1 Å². The SMILES string of the molecule is CC1CNCC(NC(=O)Nc2ccccc2C(F)(F)F)C1. The van der Waals surface area contributed by atoms with Gasteiger partial charge in [-0.3, -0.25) is 0 Å². The maximum Gasteiger partial charge on any atom is 0.418 e. The van der Waals surface area contributed by atoms with Gasteiger partial charge in [0.2, 0.25) is 0 Å². The first-order chi connectivity index (χ1) is 9.86. The predicted molar refractivity (Wildman–Crippen MR) is 74.0 cm³/mol. The zero-order valence-electron chi connectivity index (χ0n) is 11.6. The largest absolute Gasteiger partial charge is 0.418 e. The molecule has 1 aliphatic heterocycles. The number of carbonyl (C=O) groups excluding carboxylic acids is 1. The zero-order chi connectivity index (χ0) is 15.5. The van der Waals surface area contributed by atoms with Crippen LogP contribution in [0.1, 0.15) is 18.9 Å². The third kappa shape index (κ3) is 4.35. The van der Waals surface area contributed by atoms with E-state index < -0.39 is 17.8 Å². The maximum absolute atomic E-state index is 12.8. The molecule has 2 unspecified atom stereocenters. The molecule has 1 aliphatic rings. The van der Waals surface area contributed by atoms with Gasteiger partial charge in [0.15, 0.2) is 0 Å². The Morgan fingerprint density at radius 2 is 2.00 bits per heavy atom. The summed E-state index contributed by atoms with van der Waals surface area (Å²) in [7, 11) is 0. The Labute approximate surface area is 121 Å². The molecule has 1 heterocycles. The molecule has 1 aromatic carbocycles. The second-order valence-electron chi connectivity index (χ2n) is 5.34. The molecule has 2 amide bonds. The van der Waals surface area contributed by atoms with Crippen molar-refractivity contribution in [2.75, 3.05) is 18.4 Å². The van der Waals surface area contributed by atoms with Gasteiger partial charge in [-0.05, 0) is 31.0 Å². The van der Waals surface area contributed by atoms with E-state index in [1.165, 1.54) is 18.2 Å². The number of halogens is 3. The number of para-hydroxylation sites is 1. The first-order valence-electron chi connectivity index (χ1n) is 6.80. The topological polar surface area (TPSA) is 53.2 Å². The number of anilines is 1. The van der Waals surface area contributed by atoms with Gasteiger partial charge >= 0.3 is 12.2 Å². The highest BCUT2D eigenvalue weighted by Gasteiger charge is 2.33. The van der Waals surface area contributed by atoms with Crippen molar-refractivity contribution >= 4 is 11.7 Å². The van der Waals surface area contributed by atoms with Crippen LogP contribution in [0.3, 0.4) is 0 Å². The number of carbonyl (C=O) groups is 1. The highest BCUT2D eigenvalue weighted by atomic mass is 19.4. The van der Waals surface area contributed by atoms with Crippen LogP contribution in [0.5, 0.6) is 0 Å². The lowest BCUT2D eigenvalue weighted by molar-refractivity contribution is -0.136. The van der Waals surface area contributed by atoms with Gasteiger partial charge in [0.25, 0.3) is 0 Å². The van der Waals surface area contributed by atoms with Crippen molar-refractivity contribution in [1.82, 2.24) is 10.6 Å². The summed E-state index contributed by atoms with van der Waals surface area (Å²) in [5, 5.41) is 8.14. The molecule has 116 valence electrons. The van der Waals surface area contributed by atoms with Gasteiger partial charge in [-0.25, -0.2) is 4.79 Å². The molecule has 1 saturated heterocycles. The van der Waals surface area contributed by atoms with Crippen molar-refractivity contribution < 1.29 is 18.0 Å². The molecular weight excluding hydrogens is 283 g/mol. The molecule has 2 rings (SSSR count). The number of nitrogens with one attached hydrogen (secondary N) is 3. The minimum atomic E-state index is -4.50. The quantitative estimate of drug-likeness (QED) is 0.787. The maximum atomic E-state index is 12.8. The molecule has 1 aromatic rings. The summed E-state index contributed by atoms with van der Waals surface area (Å²) in [5.74, 6) is 0.423. The fourth-order valence-corrected chi connectivity index (χ4v) is 2.45. The highest BCUT2D eigenvalue weighted by Crippen LogP contribution is 2.34. The molecule has 0 saturated carbocycles. The summed E-state index contributed by atoms with van der Waals surface area (Å²) in [5.41, 5.74) is -1.09. The molecule has 1 fully saturated rings. The van der Waals surface area contributed by atoms with Gasteiger partial charge < -0.3 is 16.0 Å². The molecule has 2 atom stereocenters. The van der Waals surface area contributed by atoms with Gasteiger partial charge in [0, 0.05) is 12.6 Å². The predicted octanol–water partition coefficient (Wildman–Crippen LogP) is 2.82. The summed E-state index contributed by atoms with van der Waals surface area (Å²) in [6.07, 6.45) is -3.69. The van der Waals surface area contributed by atoms with E-state index in [2.05, 4.69) is 22.9 Å². The standard InChI is InChI=1S/C14H18F3N3O/c1-9-6-10(8-18-7-9)19-13(21)20-12-5-3-2-4-11(12)14(15,16)17/h2-5,9-10,18H,6-8H2,1H3,(H2,19,20,21). The van der Waals surface area contributed by atoms with E-state index in [0.29, 0.717) is 12.5 Å². The molecule has 0 spiro atoms. The highest BCUT2D eigenvalue weighted by molar-refractivity contribution is 5.90. The van der Waals surface area contributed by atoms with Crippen LogP contribution in [0.4, 0.5) is 23.7 Å². The van der Waals surface area contributed by atoms with E-state index in [0.717, 1.165) is 19.0 Å². The number of hydrogen-bond acceptors (Lipinski definition) is 2. The lowest BCUT2D eigenvalue weighted by Crippen LogP contribution is -2.49. The first kappa shape index (κ1) is 15.6. The minimum Gasteiger partial charge on any atom is -0.334 e. The Hall–Kier alpha value is -1.76. The Balaban J connectivity index is 2.00.